The van der Waals surface area contributed by atoms with Gasteiger partial charge in [0.2, 0.25) is 0 Å². The lowest BCUT2D eigenvalue weighted by Gasteiger charge is -2.40. The van der Waals surface area contributed by atoms with Gasteiger partial charge in [-0.15, -0.1) is 0 Å². The van der Waals surface area contributed by atoms with Gasteiger partial charge in [0, 0.05) is 18.3 Å². The van der Waals surface area contributed by atoms with E-state index in [1.54, 1.807) is 0 Å². The lowest BCUT2D eigenvalue weighted by Crippen LogP contribution is -2.38. The molecule has 0 radical (unpaired) electrons. The van der Waals surface area contributed by atoms with E-state index in [2.05, 4.69) is 49.4 Å². The zero-order valence-corrected chi connectivity index (χ0v) is 14.3. The third-order valence-corrected chi connectivity index (χ3v) is 6.61. The summed E-state index contributed by atoms with van der Waals surface area (Å²) < 4.78 is 0. The minimum Gasteiger partial charge on any atom is -0.299 e. The van der Waals surface area contributed by atoms with Crippen LogP contribution in [0, 0.1) is 11.8 Å². The first-order valence-corrected chi connectivity index (χ1v) is 9.44. The average molecular weight is 316 g/mol. The van der Waals surface area contributed by atoms with Crippen LogP contribution in [0.5, 0.6) is 0 Å². The highest BCUT2D eigenvalue weighted by Gasteiger charge is 2.52. The number of fused-ring (bicyclic) bond motifs is 6. The molecule has 3 atom stereocenters. The van der Waals surface area contributed by atoms with Gasteiger partial charge in [-0.1, -0.05) is 55.8 Å². The normalized spacial score (nSPS) is 30.5. The van der Waals surface area contributed by atoms with Crippen molar-refractivity contribution in [1.82, 2.24) is 0 Å². The van der Waals surface area contributed by atoms with Crippen molar-refractivity contribution in [1.29, 1.82) is 0 Å². The van der Waals surface area contributed by atoms with Gasteiger partial charge in [-0.25, -0.2) is 0 Å². The summed E-state index contributed by atoms with van der Waals surface area (Å²) in [5, 5.41) is 2.65. The quantitative estimate of drug-likeness (QED) is 0.701. The molecule has 1 spiro atoms. The molecule has 2 aromatic rings. The topological polar surface area (TPSA) is 17.1 Å². The molecule has 3 aliphatic carbocycles. The van der Waals surface area contributed by atoms with E-state index < -0.39 is 0 Å². The molecule has 122 valence electrons. The molecule has 2 aromatic carbocycles. The second-order valence-corrected chi connectivity index (χ2v) is 8.18. The molecule has 0 aliphatic heterocycles. The molecule has 3 aliphatic rings. The maximum Gasteiger partial charge on any atom is 0.138 e. The number of ketones is 1. The van der Waals surface area contributed by atoms with Crippen molar-refractivity contribution in [3.05, 3.63) is 59.2 Å². The van der Waals surface area contributed by atoms with Crippen molar-refractivity contribution in [3.8, 4) is 0 Å². The number of aryl methyl sites for hydroxylation is 1. The zero-order valence-electron chi connectivity index (χ0n) is 14.3. The molecule has 2 bridgehead atoms. The monoisotopic (exact) mass is 316 g/mol. The summed E-state index contributed by atoms with van der Waals surface area (Å²) in [6, 6.07) is 11.6. The van der Waals surface area contributed by atoms with Gasteiger partial charge < -0.3 is 0 Å². The van der Waals surface area contributed by atoms with Crippen LogP contribution in [0.3, 0.4) is 0 Å². The molecule has 1 fully saturated rings. The number of rotatable bonds is 2. The van der Waals surface area contributed by atoms with E-state index in [0.717, 1.165) is 12.8 Å². The van der Waals surface area contributed by atoms with Crippen LogP contribution in [0.25, 0.3) is 10.8 Å². The van der Waals surface area contributed by atoms with Gasteiger partial charge in [0.25, 0.3) is 0 Å². The van der Waals surface area contributed by atoms with Gasteiger partial charge >= 0.3 is 0 Å². The Labute approximate surface area is 143 Å². The summed E-state index contributed by atoms with van der Waals surface area (Å²) in [4.78, 5) is 12.5. The average Bonchev–Trinajstić information content (AvgIpc) is 3.15. The molecule has 24 heavy (non-hydrogen) atoms. The second-order valence-electron chi connectivity index (χ2n) is 8.18. The summed E-state index contributed by atoms with van der Waals surface area (Å²) in [7, 11) is 0. The van der Waals surface area contributed by atoms with Crippen LogP contribution in [0.1, 0.15) is 49.3 Å². The summed E-state index contributed by atoms with van der Waals surface area (Å²) >= 11 is 0. The molecular weight excluding hydrogens is 292 g/mol. The summed E-state index contributed by atoms with van der Waals surface area (Å²) in [6.45, 7) is 2.24. The Morgan fingerprint density at radius 3 is 2.79 bits per heavy atom. The van der Waals surface area contributed by atoms with Gasteiger partial charge in [-0.05, 0) is 58.6 Å². The SMILES string of the molecule is CCCc1ccc2cc3c(cc2c1)C1(CC(=O)C3)CC2C=CC1C2. The van der Waals surface area contributed by atoms with Crippen LogP contribution < -0.4 is 0 Å². The Morgan fingerprint density at radius 1 is 1.12 bits per heavy atom. The van der Waals surface area contributed by atoms with E-state index >= 15 is 0 Å². The second kappa shape index (κ2) is 5.05. The molecule has 0 aromatic heterocycles. The number of carbonyl (C=O) groups excluding carboxylic acids is 1. The molecule has 0 heterocycles. The third kappa shape index (κ3) is 1.97. The highest BCUT2D eigenvalue weighted by molar-refractivity contribution is 5.91. The molecule has 0 saturated heterocycles. The van der Waals surface area contributed by atoms with E-state index in [1.807, 2.05) is 0 Å². The van der Waals surface area contributed by atoms with E-state index in [0.29, 0.717) is 24.0 Å². The van der Waals surface area contributed by atoms with Crippen LogP contribution in [0.15, 0.2) is 42.5 Å². The number of allylic oxidation sites excluding steroid dienone is 2. The minimum atomic E-state index is 0.0963. The first kappa shape index (κ1) is 14.5. The van der Waals surface area contributed by atoms with Crippen molar-refractivity contribution < 1.29 is 4.79 Å². The highest BCUT2D eigenvalue weighted by atomic mass is 16.1. The first-order valence-electron chi connectivity index (χ1n) is 9.44. The minimum absolute atomic E-state index is 0.0963. The summed E-state index contributed by atoms with van der Waals surface area (Å²) in [5.41, 5.74) is 4.31. The highest BCUT2D eigenvalue weighted by Crippen LogP contribution is 2.57. The maximum atomic E-state index is 12.5. The smallest absolute Gasteiger partial charge is 0.138 e. The number of carbonyl (C=O) groups is 1. The lowest BCUT2D eigenvalue weighted by atomic mass is 9.62. The van der Waals surface area contributed by atoms with Gasteiger partial charge in [0.05, 0.1) is 0 Å². The maximum absolute atomic E-state index is 12.5. The molecule has 5 rings (SSSR count). The molecule has 3 unspecified atom stereocenters. The van der Waals surface area contributed by atoms with Crippen LogP contribution in [-0.2, 0) is 23.1 Å². The standard InChI is InChI=1S/C23H24O/c1-2-3-15-4-6-17-10-19-11-21(24)14-23(22(19)12-18(17)8-15)13-16-5-7-20(23)9-16/h4-8,10,12,16,20H,2-3,9,11,13-14H2,1H3. The Kier molecular flexibility index (Phi) is 3.04. The fourth-order valence-corrected chi connectivity index (χ4v) is 5.64. The predicted octanol–water partition coefficient (Wildman–Crippen LogP) is 5.14. The Morgan fingerprint density at radius 2 is 2.04 bits per heavy atom. The van der Waals surface area contributed by atoms with Crippen molar-refractivity contribution in [2.75, 3.05) is 0 Å². The number of hydrogen-bond acceptors (Lipinski definition) is 1. The molecular formula is C23H24O. The van der Waals surface area contributed by atoms with Gasteiger partial charge in [0.1, 0.15) is 5.78 Å². The van der Waals surface area contributed by atoms with E-state index in [9.17, 15) is 4.79 Å². The van der Waals surface area contributed by atoms with E-state index in [4.69, 9.17) is 0 Å². The van der Waals surface area contributed by atoms with Gasteiger partial charge in [0.15, 0.2) is 0 Å². The fraction of sp³-hybridized carbons (Fsp3) is 0.435. The summed E-state index contributed by atoms with van der Waals surface area (Å²) in [5.74, 6) is 1.70. The Bertz CT molecular complexity index is 875. The van der Waals surface area contributed by atoms with Crippen molar-refractivity contribution in [3.63, 3.8) is 0 Å². The van der Waals surface area contributed by atoms with E-state index in [-0.39, 0.29) is 5.41 Å². The fourth-order valence-electron chi connectivity index (χ4n) is 5.64. The number of hydrogen-bond donors (Lipinski definition) is 0. The molecule has 1 heteroatoms. The first-order chi connectivity index (χ1) is 11.7. The molecule has 1 nitrogen and oxygen atoms in total. The van der Waals surface area contributed by atoms with Crippen LogP contribution in [0.4, 0.5) is 0 Å². The molecule has 1 saturated carbocycles. The number of Topliss-reactive ketones (excluding diaryl/α,β-unsaturated/α-hetero) is 1. The van der Waals surface area contributed by atoms with Gasteiger partial charge in [-0.3, -0.25) is 4.79 Å². The van der Waals surface area contributed by atoms with Crippen LogP contribution in [0.2, 0.25) is 0 Å². The molecule has 0 amide bonds. The zero-order chi connectivity index (χ0) is 16.3. The van der Waals surface area contributed by atoms with E-state index in [1.165, 1.54) is 46.7 Å². The Hall–Kier alpha value is -1.89. The van der Waals surface area contributed by atoms with Crippen molar-refractivity contribution >= 4 is 16.6 Å². The largest absolute Gasteiger partial charge is 0.299 e. The van der Waals surface area contributed by atoms with Crippen molar-refractivity contribution in [2.24, 2.45) is 11.8 Å². The van der Waals surface area contributed by atoms with Crippen LogP contribution >= 0.6 is 0 Å². The lowest BCUT2D eigenvalue weighted by molar-refractivity contribution is -0.120. The van der Waals surface area contributed by atoms with Crippen LogP contribution in [-0.4, -0.2) is 5.78 Å². The van der Waals surface area contributed by atoms with Crippen molar-refractivity contribution in [2.45, 2.75) is 50.9 Å². The molecule has 0 N–H and O–H groups in total. The third-order valence-electron chi connectivity index (χ3n) is 6.61. The summed E-state index contributed by atoms with van der Waals surface area (Å²) in [6.07, 6.45) is 10.9. The predicted molar refractivity (Wildman–Crippen MR) is 98.3 cm³/mol. The van der Waals surface area contributed by atoms with Gasteiger partial charge in [-0.2, -0.15) is 0 Å². The number of benzene rings is 2. The Balaban J connectivity index is 1.71.